The van der Waals surface area contributed by atoms with Crippen LogP contribution in [0.15, 0.2) is 18.2 Å². The normalized spacial score (nSPS) is 16.1. The lowest BCUT2D eigenvalue weighted by atomic mass is 10.1. The van der Waals surface area contributed by atoms with E-state index >= 15 is 0 Å². The van der Waals surface area contributed by atoms with Crippen molar-refractivity contribution in [2.24, 2.45) is 0 Å². The zero-order valence-corrected chi connectivity index (χ0v) is 13.5. The molecule has 1 unspecified atom stereocenters. The molecule has 1 aromatic heterocycles. The number of nitrogens with one attached hydrogen (secondary N) is 2. The van der Waals surface area contributed by atoms with Crippen LogP contribution in [0.4, 0.5) is 11.6 Å². The molecule has 1 aliphatic heterocycles. The van der Waals surface area contributed by atoms with Crippen molar-refractivity contribution in [2.45, 2.75) is 19.4 Å². The molecule has 2 N–H and O–H groups in total. The molecule has 126 valence electrons. The van der Waals surface area contributed by atoms with E-state index in [0.717, 1.165) is 0 Å². The van der Waals surface area contributed by atoms with Crippen molar-refractivity contribution in [3.8, 4) is 11.5 Å². The summed E-state index contributed by atoms with van der Waals surface area (Å²) in [6, 6.07) is 4.26. The quantitative estimate of drug-likeness (QED) is 0.869. The van der Waals surface area contributed by atoms with Crippen LogP contribution in [0.2, 0.25) is 0 Å². The van der Waals surface area contributed by atoms with Gasteiger partial charge >= 0.3 is 0 Å². The Morgan fingerprint density at radius 3 is 2.88 bits per heavy atom. The number of hydrogen-bond donors (Lipinski definition) is 2. The van der Waals surface area contributed by atoms with Crippen molar-refractivity contribution in [2.75, 3.05) is 24.9 Å². The van der Waals surface area contributed by atoms with E-state index in [1.807, 2.05) is 0 Å². The summed E-state index contributed by atoms with van der Waals surface area (Å²) in [5, 5.41) is 9.54. The van der Waals surface area contributed by atoms with Crippen LogP contribution >= 0.6 is 0 Å². The Bertz CT molecular complexity index is 801. The van der Waals surface area contributed by atoms with Gasteiger partial charge in [-0.25, -0.2) is 4.68 Å². The summed E-state index contributed by atoms with van der Waals surface area (Å²) in [5.41, 5.74) is 0.479. The number of nitrogens with zero attached hydrogens (tertiary/aromatic N) is 3. The highest BCUT2D eigenvalue weighted by Crippen LogP contribution is 2.31. The zero-order valence-electron chi connectivity index (χ0n) is 13.5. The van der Waals surface area contributed by atoms with Gasteiger partial charge in [-0.2, -0.15) is 10.1 Å². The van der Waals surface area contributed by atoms with E-state index in [4.69, 9.17) is 9.47 Å². The van der Waals surface area contributed by atoms with Gasteiger partial charge in [0.25, 0.3) is 0 Å². The molecule has 1 aliphatic rings. The predicted octanol–water partition coefficient (Wildman–Crippen LogP) is 1.13. The Hall–Kier alpha value is -3.10. The summed E-state index contributed by atoms with van der Waals surface area (Å²) in [6.07, 6.45) is -0.0138. The average Bonchev–Trinajstić information content (AvgIpc) is 2.94. The number of aromatic nitrogens is 3. The lowest BCUT2D eigenvalue weighted by Crippen LogP contribution is -2.36. The highest BCUT2D eigenvalue weighted by molar-refractivity contribution is 6.01. The van der Waals surface area contributed by atoms with Crippen molar-refractivity contribution in [3.63, 3.8) is 0 Å². The number of amides is 2. The first-order chi connectivity index (χ1) is 11.5. The molecule has 9 heteroatoms. The number of hydrogen-bond acceptors (Lipinski definition) is 6. The molecular weight excluding hydrogens is 314 g/mol. The second kappa shape index (κ2) is 6.19. The fourth-order valence-electron chi connectivity index (χ4n) is 2.49. The molecule has 2 aromatic rings. The minimum Gasteiger partial charge on any atom is -0.497 e. The molecule has 2 heterocycles. The minimum absolute atomic E-state index is 0.0138. The summed E-state index contributed by atoms with van der Waals surface area (Å²) in [7, 11) is 3.04. The number of benzene rings is 1. The van der Waals surface area contributed by atoms with E-state index in [1.54, 1.807) is 32.2 Å². The van der Waals surface area contributed by atoms with E-state index in [0.29, 0.717) is 23.0 Å². The number of methoxy groups -OCH3 is 2. The number of carbonyl (C=O) groups excluding carboxylic acids is 2. The smallest absolute Gasteiger partial charge is 0.250 e. The maximum absolute atomic E-state index is 12.6. The SMILES string of the molecule is COc1ccc(NC(=O)C2CC(=O)Nc3nc(C)nn32)c(OC)c1. The molecule has 1 aromatic carbocycles. The first-order valence-corrected chi connectivity index (χ1v) is 7.27. The third kappa shape index (κ3) is 2.87. The average molecular weight is 331 g/mol. The van der Waals surface area contributed by atoms with Crippen LogP contribution in [0.5, 0.6) is 11.5 Å². The van der Waals surface area contributed by atoms with Crippen molar-refractivity contribution in [1.29, 1.82) is 0 Å². The van der Waals surface area contributed by atoms with E-state index in [1.165, 1.54) is 11.8 Å². The van der Waals surface area contributed by atoms with E-state index in [-0.39, 0.29) is 24.2 Å². The van der Waals surface area contributed by atoms with E-state index in [2.05, 4.69) is 20.7 Å². The number of fused-ring (bicyclic) bond motifs is 1. The molecule has 0 saturated carbocycles. The van der Waals surface area contributed by atoms with Gasteiger partial charge in [-0.05, 0) is 19.1 Å². The molecule has 9 nitrogen and oxygen atoms in total. The summed E-state index contributed by atoms with van der Waals surface area (Å²) < 4.78 is 11.8. The highest BCUT2D eigenvalue weighted by Gasteiger charge is 2.33. The largest absolute Gasteiger partial charge is 0.497 e. The minimum atomic E-state index is -0.776. The molecule has 24 heavy (non-hydrogen) atoms. The van der Waals surface area contributed by atoms with Crippen molar-refractivity contribution in [1.82, 2.24) is 14.8 Å². The van der Waals surface area contributed by atoms with Gasteiger partial charge in [0.2, 0.25) is 17.8 Å². The molecular formula is C15H17N5O4. The second-order valence-corrected chi connectivity index (χ2v) is 5.25. The van der Waals surface area contributed by atoms with Gasteiger partial charge in [0.1, 0.15) is 23.4 Å². The number of ether oxygens (including phenoxy) is 2. The Morgan fingerprint density at radius 2 is 2.17 bits per heavy atom. The van der Waals surface area contributed by atoms with Crippen LogP contribution in [0.3, 0.4) is 0 Å². The van der Waals surface area contributed by atoms with Crippen molar-refractivity contribution >= 4 is 23.5 Å². The Morgan fingerprint density at radius 1 is 1.38 bits per heavy atom. The van der Waals surface area contributed by atoms with Crippen molar-refractivity contribution < 1.29 is 19.1 Å². The standard InChI is InChI=1S/C15H17N5O4/c1-8-16-15-18-13(21)7-11(20(15)19-8)14(22)17-10-5-4-9(23-2)6-12(10)24-3/h4-6,11H,7H2,1-3H3,(H,17,22)(H,16,18,19,21). The summed E-state index contributed by atoms with van der Waals surface area (Å²) in [5.74, 6) is 1.16. The molecule has 3 rings (SSSR count). The number of aryl methyl sites for hydroxylation is 1. The lowest BCUT2D eigenvalue weighted by molar-refractivity contribution is -0.125. The molecule has 0 saturated heterocycles. The van der Waals surface area contributed by atoms with Gasteiger partial charge in [-0.15, -0.1) is 0 Å². The van der Waals surface area contributed by atoms with Crippen LogP contribution < -0.4 is 20.1 Å². The molecule has 0 radical (unpaired) electrons. The maximum Gasteiger partial charge on any atom is 0.250 e. The van der Waals surface area contributed by atoms with Crippen LogP contribution in [0, 0.1) is 6.92 Å². The van der Waals surface area contributed by atoms with Gasteiger partial charge in [-0.1, -0.05) is 0 Å². The lowest BCUT2D eigenvalue weighted by Gasteiger charge is -2.23. The Labute approximate surface area is 138 Å². The van der Waals surface area contributed by atoms with E-state index < -0.39 is 6.04 Å². The van der Waals surface area contributed by atoms with E-state index in [9.17, 15) is 9.59 Å². The molecule has 0 aliphatic carbocycles. The van der Waals surface area contributed by atoms with Gasteiger partial charge in [0.05, 0.1) is 26.3 Å². The van der Waals surface area contributed by atoms with Gasteiger partial charge < -0.3 is 14.8 Å². The van der Waals surface area contributed by atoms with Crippen LogP contribution in [-0.4, -0.2) is 40.8 Å². The number of anilines is 2. The number of carbonyl (C=O) groups is 2. The molecule has 0 bridgehead atoms. The number of rotatable bonds is 4. The van der Waals surface area contributed by atoms with Gasteiger partial charge in [0, 0.05) is 6.07 Å². The summed E-state index contributed by atoms with van der Waals surface area (Å²) in [6.45, 7) is 1.69. The fourth-order valence-corrected chi connectivity index (χ4v) is 2.49. The zero-order chi connectivity index (χ0) is 17.3. The summed E-state index contributed by atoms with van der Waals surface area (Å²) >= 11 is 0. The van der Waals surface area contributed by atoms with Crippen LogP contribution in [-0.2, 0) is 9.59 Å². The van der Waals surface area contributed by atoms with Gasteiger partial charge in [-0.3, -0.25) is 14.9 Å². The first-order valence-electron chi connectivity index (χ1n) is 7.27. The Kier molecular flexibility index (Phi) is 4.07. The van der Waals surface area contributed by atoms with Gasteiger partial charge in [0.15, 0.2) is 0 Å². The third-order valence-electron chi connectivity index (χ3n) is 3.63. The molecule has 0 fully saturated rings. The second-order valence-electron chi connectivity index (χ2n) is 5.25. The predicted molar refractivity (Wildman–Crippen MR) is 85.2 cm³/mol. The molecule has 2 amide bonds. The van der Waals surface area contributed by atoms with Crippen LogP contribution in [0.25, 0.3) is 0 Å². The first kappa shape index (κ1) is 15.8. The van der Waals surface area contributed by atoms with Crippen molar-refractivity contribution in [3.05, 3.63) is 24.0 Å². The maximum atomic E-state index is 12.6. The monoisotopic (exact) mass is 331 g/mol. The third-order valence-corrected chi connectivity index (χ3v) is 3.63. The molecule has 1 atom stereocenters. The fraction of sp³-hybridized carbons (Fsp3) is 0.333. The highest BCUT2D eigenvalue weighted by atomic mass is 16.5. The summed E-state index contributed by atoms with van der Waals surface area (Å²) in [4.78, 5) is 28.5. The molecule has 0 spiro atoms. The Balaban J connectivity index is 1.86. The topological polar surface area (TPSA) is 107 Å². The van der Waals surface area contributed by atoms with Crippen LogP contribution in [0.1, 0.15) is 18.3 Å².